The summed E-state index contributed by atoms with van der Waals surface area (Å²) in [4.78, 5) is 18.4. The summed E-state index contributed by atoms with van der Waals surface area (Å²) in [5.74, 6) is -0.00983. The van der Waals surface area contributed by atoms with Gasteiger partial charge < -0.3 is 25.6 Å². The molecular formula is C18H30FN5O2. The zero-order chi connectivity index (χ0) is 19.2. The van der Waals surface area contributed by atoms with E-state index in [4.69, 9.17) is 4.74 Å². The van der Waals surface area contributed by atoms with Crippen molar-refractivity contribution in [3.05, 3.63) is 30.1 Å². The third-order valence-electron chi connectivity index (χ3n) is 3.53. The molecule has 0 unspecified atom stereocenters. The number of anilines is 1. The Labute approximate surface area is 155 Å². The molecule has 0 aromatic heterocycles. The lowest BCUT2D eigenvalue weighted by atomic mass is 10.3. The van der Waals surface area contributed by atoms with Gasteiger partial charge in [0.25, 0.3) is 0 Å². The molecule has 0 heterocycles. The Balaban J connectivity index is 2.37. The van der Waals surface area contributed by atoms with Crippen molar-refractivity contribution in [1.82, 2.24) is 15.5 Å². The smallest absolute Gasteiger partial charge is 0.246 e. The number of guanidine groups is 1. The van der Waals surface area contributed by atoms with Gasteiger partial charge >= 0.3 is 0 Å². The topological polar surface area (TPSA) is 78.0 Å². The second kappa shape index (κ2) is 13.1. The highest BCUT2D eigenvalue weighted by Gasteiger charge is 2.04. The zero-order valence-electron chi connectivity index (χ0n) is 15.8. The molecule has 26 heavy (non-hydrogen) atoms. The van der Waals surface area contributed by atoms with Gasteiger partial charge in [-0.05, 0) is 44.7 Å². The molecular weight excluding hydrogens is 337 g/mol. The number of hydrogen-bond acceptors (Lipinski definition) is 4. The molecule has 0 aliphatic rings. The molecule has 1 aromatic rings. The molecule has 0 bridgehead atoms. The first kappa shape index (κ1) is 21.9. The van der Waals surface area contributed by atoms with Crippen molar-refractivity contribution >= 4 is 17.6 Å². The molecule has 0 atom stereocenters. The van der Waals surface area contributed by atoms with Crippen LogP contribution in [0.15, 0.2) is 29.3 Å². The summed E-state index contributed by atoms with van der Waals surface area (Å²) < 4.78 is 17.9. The number of nitrogens with zero attached hydrogens (tertiary/aromatic N) is 2. The Morgan fingerprint density at radius 3 is 2.62 bits per heavy atom. The van der Waals surface area contributed by atoms with Gasteiger partial charge in [0, 0.05) is 45.6 Å². The number of ether oxygens (including phenoxy) is 1. The third kappa shape index (κ3) is 9.95. The first-order valence-electron chi connectivity index (χ1n) is 8.80. The molecule has 1 rings (SSSR count). The monoisotopic (exact) mass is 367 g/mol. The first-order valence-corrected chi connectivity index (χ1v) is 8.80. The zero-order valence-corrected chi connectivity index (χ0v) is 15.8. The standard InChI is InChI=1S/C18H30FN5O2/c1-4-20-18(21-10-12-24(2)11-5-13-26-3)22-14-17(25)23-16-8-6-15(19)7-9-16/h6-9H,4-5,10-14H2,1-3H3,(H,23,25)(H2,20,21,22). The number of carbonyl (C=O) groups is 1. The van der Waals surface area contributed by atoms with Crippen LogP contribution in [0.3, 0.4) is 0 Å². The highest BCUT2D eigenvalue weighted by atomic mass is 19.1. The van der Waals surface area contributed by atoms with E-state index in [-0.39, 0.29) is 18.3 Å². The molecule has 0 fully saturated rings. The Morgan fingerprint density at radius 1 is 1.23 bits per heavy atom. The lowest BCUT2D eigenvalue weighted by molar-refractivity contribution is -0.114. The van der Waals surface area contributed by atoms with Crippen LogP contribution >= 0.6 is 0 Å². The van der Waals surface area contributed by atoms with Crippen molar-refractivity contribution in [3.8, 4) is 0 Å². The lowest BCUT2D eigenvalue weighted by Crippen LogP contribution is -2.41. The van der Waals surface area contributed by atoms with Gasteiger partial charge in [-0.3, -0.25) is 4.79 Å². The number of methoxy groups -OCH3 is 1. The fraction of sp³-hybridized carbons (Fsp3) is 0.556. The highest BCUT2D eigenvalue weighted by Crippen LogP contribution is 2.07. The van der Waals surface area contributed by atoms with Crippen molar-refractivity contribution in [2.24, 2.45) is 4.99 Å². The van der Waals surface area contributed by atoms with Crippen molar-refractivity contribution in [2.75, 3.05) is 58.8 Å². The van der Waals surface area contributed by atoms with E-state index in [1.54, 1.807) is 7.11 Å². The Hall–Kier alpha value is -2.19. The number of amides is 1. The average molecular weight is 367 g/mol. The van der Waals surface area contributed by atoms with E-state index >= 15 is 0 Å². The number of rotatable bonds is 11. The van der Waals surface area contributed by atoms with Crippen molar-refractivity contribution < 1.29 is 13.9 Å². The van der Waals surface area contributed by atoms with Crippen LogP contribution in [0.1, 0.15) is 13.3 Å². The molecule has 0 spiro atoms. The molecule has 3 N–H and O–H groups in total. The van der Waals surface area contributed by atoms with Gasteiger partial charge in [0.05, 0.1) is 0 Å². The minimum Gasteiger partial charge on any atom is -0.385 e. The van der Waals surface area contributed by atoms with Crippen LogP contribution in [0.4, 0.5) is 10.1 Å². The third-order valence-corrected chi connectivity index (χ3v) is 3.53. The maximum atomic E-state index is 12.9. The van der Waals surface area contributed by atoms with Gasteiger partial charge in [-0.2, -0.15) is 0 Å². The second-order valence-electron chi connectivity index (χ2n) is 5.83. The molecule has 1 aromatic carbocycles. The van der Waals surface area contributed by atoms with Crippen LogP contribution in [0.5, 0.6) is 0 Å². The first-order chi connectivity index (χ1) is 12.5. The van der Waals surface area contributed by atoms with E-state index in [1.807, 2.05) is 6.92 Å². The van der Waals surface area contributed by atoms with Crippen LogP contribution in [0.2, 0.25) is 0 Å². The SMILES string of the molecule is CCNC(=NCC(=O)Nc1ccc(F)cc1)NCCN(C)CCCOC. The summed E-state index contributed by atoms with van der Waals surface area (Å²) in [5.41, 5.74) is 0.544. The van der Waals surface area contributed by atoms with Crippen molar-refractivity contribution in [2.45, 2.75) is 13.3 Å². The quantitative estimate of drug-likeness (QED) is 0.312. The van der Waals surface area contributed by atoms with Crippen LogP contribution in [0, 0.1) is 5.82 Å². The summed E-state index contributed by atoms with van der Waals surface area (Å²) in [6, 6.07) is 5.63. The van der Waals surface area contributed by atoms with E-state index < -0.39 is 0 Å². The highest BCUT2D eigenvalue weighted by molar-refractivity contribution is 5.94. The summed E-state index contributed by atoms with van der Waals surface area (Å²) in [6.07, 6.45) is 0.991. The molecule has 146 valence electrons. The Kier molecular flexibility index (Phi) is 11.0. The van der Waals surface area contributed by atoms with Gasteiger partial charge in [-0.1, -0.05) is 0 Å². The molecule has 8 heteroatoms. The summed E-state index contributed by atoms with van der Waals surface area (Å²) in [6.45, 7) is 5.94. The number of benzene rings is 1. The maximum Gasteiger partial charge on any atom is 0.246 e. The predicted octanol–water partition coefficient (Wildman–Crippen LogP) is 1.29. The van der Waals surface area contributed by atoms with E-state index in [2.05, 4.69) is 32.9 Å². The van der Waals surface area contributed by atoms with E-state index in [0.717, 1.165) is 32.7 Å². The van der Waals surface area contributed by atoms with E-state index in [9.17, 15) is 9.18 Å². The van der Waals surface area contributed by atoms with Gasteiger partial charge in [0.15, 0.2) is 5.96 Å². The molecule has 1 amide bonds. The maximum absolute atomic E-state index is 12.9. The Morgan fingerprint density at radius 2 is 1.96 bits per heavy atom. The number of likely N-dealkylation sites (N-methyl/N-ethyl adjacent to an activating group) is 1. The fourth-order valence-electron chi connectivity index (χ4n) is 2.18. The van der Waals surface area contributed by atoms with Crippen LogP contribution in [-0.2, 0) is 9.53 Å². The van der Waals surface area contributed by atoms with Gasteiger partial charge in [0.1, 0.15) is 12.4 Å². The van der Waals surface area contributed by atoms with Gasteiger partial charge in [0.2, 0.25) is 5.91 Å². The summed E-state index contributed by atoms with van der Waals surface area (Å²) >= 11 is 0. The number of aliphatic imine (C=N–C) groups is 1. The largest absolute Gasteiger partial charge is 0.385 e. The molecule has 0 aliphatic heterocycles. The van der Waals surface area contributed by atoms with Crippen molar-refractivity contribution in [3.63, 3.8) is 0 Å². The molecule has 0 aliphatic carbocycles. The minimum atomic E-state index is -0.341. The number of carbonyl (C=O) groups excluding carboxylic acids is 1. The second-order valence-corrected chi connectivity index (χ2v) is 5.83. The minimum absolute atomic E-state index is 0.0175. The van der Waals surface area contributed by atoms with Crippen molar-refractivity contribution in [1.29, 1.82) is 0 Å². The average Bonchev–Trinajstić information content (AvgIpc) is 2.62. The number of hydrogen-bond donors (Lipinski definition) is 3. The van der Waals surface area contributed by atoms with Gasteiger partial charge in [-0.15, -0.1) is 0 Å². The fourth-order valence-corrected chi connectivity index (χ4v) is 2.18. The molecule has 0 radical (unpaired) electrons. The lowest BCUT2D eigenvalue weighted by Gasteiger charge is -2.18. The molecule has 7 nitrogen and oxygen atoms in total. The van der Waals surface area contributed by atoms with Gasteiger partial charge in [-0.25, -0.2) is 9.38 Å². The van der Waals surface area contributed by atoms with E-state index in [0.29, 0.717) is 18.2 Å². The summed E-state index contributed by atoms with van der Waals surface area (Å²) in [5, 5.41) is 8.99. The van der Waals surface area contributed by atoms with Crippen LogP contribution in [0.25, 0.3) is 0 Å². The Bertz CT molecular complexity index is 551. The number of nitrogens with one attached hydrogen (secondary N) is 3. The predicted molar refractivity (Wildman–Crippen MR) is 103 cm³/mol. The normalized spacial score (nSPS) is 11.5. The van der Waals surface area contributed by atoms with E-state index in [1.165, 1.54) is 24.3 Å². The number of halogens is 1. The van der Waals surface area contributed by atoms with Crippen LogP contribution in [-0.4, -0.2) is 70.3 Å². The molecule has 0 saturated carbocycles. The summed E-state index contributed by atoms with van der Waals surface area (Å²) in [7, 11) is 3.75. The van der Waals surface area contributed by atoms with Crippen LogP contribution < -0.4 is 16.0 Å². The molecule has 0 saturated heterocycles.